The molecule has 0 fully saturated rings. The van der Waals surface area contributed by atoms with Gasteiger partial charge in [0, 0.05) is 30.6 Å². The molecule has 0 bridgehead atoms. The Labute approximate surface area is 186 Å². The van der Waals surface area contributed by atoms with E-state index >= 15 is 0 Å². The first kappa shape index (κ1) is 19.4. The summed E-state index contributed by atoms with van der Waals surface area (Å²) >= 11 is 3.23. The van der Waals surface area contributed by atoms with Crippen LogP contribution in [0, 0.1) is 12.7 Å². The van der Waals surface area contributed by atoms with Gasteiger partial charge in [-0.25, -0.2) is 19.4 Å². The second-order valence-corrected chi connectivity index (χ2v) is 7.91. The Morgan fingerprint density at radius 1 is 1.19 bits per heavy atom. The van der Waals surface area contributed by atoms with Crippen LogP contribution >= 0.6 is 15.9 Å². The summed E-state index contributed by atoms with van der Waals surface area (Å²) in [6.07, 6.45) is 11.9. The van der Waals surface area contributed by atoms with Gasteiger partial charge in [0.05, 0.1) is 21.1 Å². The molecule has 3 aromatic rings. The summed E-state index contributed by atoms with van der Waals surface area (Å²) in [6.45, 7) is 1.96. The van der Waals surface area contributed by atoms with Crippen LogP contribution in [0.2, 0.25) is 0 Å². The maximum atomic E-state index is 14.7. The third kappa shape index (κ3) is 3.82. The second kappa shape index (κ2) is 7.96. The third-order valence-corrected chi connectivity index (χ3v) is 5.54. The minimum atomic E-state index is -0.399. The van der Waals surface area contributed by atoms with Gasteiger partial charge in [-0.15, -0.1) is 0 Å². The van der Waals surface area contributed by atoms with E-state index in [4.69, 9.17) is 4.74 Å². The lowest BCUT2D eigenvalue weighted by molar-refractivity contribution is 0.419. The molecule has 1 aromatic heterocycles. The minimum Gasteiger partial charge on any atom is -0.457 e. The Kier molecular flexibility index (Phi) is 4.99. The van der Waals surface area contributed by atoms with E-state index in [1.54, 1.807) is 17.1 Å². The van der Waals surface area contributed by atoms with Gasteiger partial charge in [0.15, 0.2) is 5.82 Å². The monoisotopic (exact) mass is 477 g/mol. The number of hydrazone groups is 1. The number of fused-ring (bicyclic) bond motifs is 2. The Morgan fingerprint density at radius 2 is 2.10 bits per heavy atom. The van der Waals surface area contributed by atoms with Crippen LogP contribution in [-0.2, 0) is 0 Å². The number of hydrogen-bond donors (Lipinski definition) is 1. The normalized spacial score (nSPS) is 14.9. The Bertz CT molecular complexity index is 1310. The molecular weight excluding hydrogens is 461 g/mol. The topological polar surface area (TPSA) is 62.6 Å². The molecule has 2 aromatic carbocycles. The van der Waals surface area contributed by atoms with E-state index in [1.807, 2.05) is 49.7 Å². The molecule has 2 aliphatic heterocycles. The molecule has 0 atom stereocenters. The molecule has 1 N–H and O–H groups in total. The average molecular weight is 478 g/mol. The smallest absolute Gasteiger partial charge is 0.150 e. The maximum Gasteiger partial charge on any atom is 0.150 e. The van der Waals surface area contributed by atoms with Gasteiger partial charge in [-0.3, -0.25) is 0 Å². The first-order chi connectivity index (χ1) is 15.1. The summed E-state index contributed by atoms with van der Waals surface area (Å²) in [4.78, 5) is 8.38. The lowest BCUT2D eigenvalue weighted by Gasteiger charge is -2.23. The number of nitrogens with one attached hydrogen (secondary N) is 1. The van der Waals surface area contributed by atoms with E-state index in [0.717, 1.165) is 34.9 Å². The number of aromatic nitrogens is 2. The summed E-state index contributed by atoms with van der Waals surface area (Å²) in [6, 6.07) is 9.06. The van der Waals surface area contributed by atoms with Crippen molar-refractivity contribution in [1.82, 2.24) is 15.0 Å². The molecule has 0 saturated carbocycles. The molecule has 2 aliphatic rings. The van der Waals surface area contributed by atoms with Crippen molar-refractivity contribution < 1.29 is 9.13 Å². The predicted molar refractivity (Wildman–Crippen MR) is 123 cm³/mol. The number of anilines is 2. The number of ether oxygens (including phenoxy) is 1. The summed E-state index contributed by atoms with van der Waals surface area (Å²) in [5, 5.41) is 9.63. The fourth-order valence-electron chi connectivity index (χ4n) is 3.41. The van der Waals surface area contributed by atoms with E-state index in [9.17, 15) is 4.39 Å². The van der Waals surface area contributed by atoms with E-state index in [-0.39, 0.29) is 0 Å². The summed E-state index contributed by atoms with van der Waals surface area (Å²) in [5.41, 5.74) is 3.21. The average Bonchev–Trinajstić information content (AvgIpc) is 2.78. The van der Waals surface area contributed by atoms with Crippen LogP contribution in [0.4, 0.5) is 15.9 Å². The van der Waals surface area contributed by atoms with Gasteiger partial charge in [0.2, 0.25) is 0 Å². The van der Waals surface area contributed by atoms with Crippen LogP contribution in [0.1, 0.15) is 12.0 Å². The fourth-order valence-corrected chi connectivity index (χ4v) is 3.74. The van der Waals surface area contributed by atoms with Crippen LogP contribution < -0.4 is 10.1 Å². The van der Waals surface area contributed by atoms with E-state index in [2.05, 4.69) is 42.4 Å². The Hall–Kier alpha value is -3.52. The van der Waals surface area contributed by atoms with Crippen molar-refractivity contribution in [2.75, 3.05) is 5.32 Å². The molecule has 0 aliphatic carbocycles. The second-order valence-electron chi connectivity index (χ2n) is 7.05. The molecule has 31 heavy (non-hydrogen) atoms. The van der Waals surface area contributed by atoms with Gasteiger partial charge in [-0.2, -0.15) is 5.10 Å². The number of allylic oxidation sites excluding steroid dienone is 3. The molecule has 0 amide bonds. The number of benzene rings is 2. The Balaban J connectivity index is 1.39. The quantitative estimate of drug-likeness (QED) is 0.502. The number of halogens is 2. The van der Waals surface area contributed by atoms with Gasteiger partial charge < -0.3 is 10.1 Å². The largest absolute Gasteiger partial charge is 0.457 e. The van der Waals surface area contributed by atoms with E-state index in [1.165, 1.54) is 6.33 Å². The van der Waals surface area contributed by atoms with Crippen molar-refractivity contribution in [3.63, 3.8) is 0 Å². The van der Waals surface area contributed by atoms with Crippen LogP contribution in [0.3, 0.4) is 0 Å². The number of hydrogen-bond acceptors (Lipinski definition) is 6. The van der Waals surface area contributed by atoms with Crippen molar-refractivity contribution in [3.05, 3.63) is 88.4 Å². The fraction of sp³-hybridized carbons (Fsp3) is 0.0870. The lowest BCUT2D eigenvalue weighted by Crippen LogP contribution is -2.15. The highest BCUT2D eigenvalue weighted by molar-refractivity contribution is 9.10. The van der Waals surface area contributed by atoms with Crippen LogP contribution in [0.25, 0.3) is 10.9 Å². The van der Waals surface area contributed by atoms with Crippen LogP contribution in [0.5, 0.6) is 5.75 Å². The summed E-state index contributed by atoms with van der Waals surface area (Å²) in [5.74, 6) is 1.47. The zero-order valence-corrected chi connectivity index (χ0v) is 18.1. The van der Waals surface area contributed by atoms with Gasteiger partial charge >= 0.3 is 0 Å². The third-order valence-electron chi connectivity index (χ3n) is 4.93. The summed E-state index contributed by atoms with van der Waals surface area (Å²) < 4.78 is 21.1. The number of nitrogens with zero attached hydrogens (tertiary/aromatic N) is 4. The van der Waals surface area contributed by atoms with Crippen molar-refractivity contribution >= 4 is 44.6 Å². The van der Waals surface area contributed by atoms with Crippen molar-refractivity contribution in [2.45, 2.75) is 13.3 Å². The zero-order valence-electron chi connectivity index (χ0n) is 16.5. The van der Waals surface area contributed by atoms with Gasteiger partial charge in [0.1, 0.15) is 23.7 Å². The van der Waals surface area contributed by atoms with Gasteiger partial charge in [-0.1, -0.05) is 6.08 Å². The molecule has 0 saturated heterocycles. The SMILES string of the molecule is Cc1cc(Nc2ncnc3ccc(Br)c(F)c23)ccc1OC1=CC2=CCC=NN2C=C1. The van der Waals surface area contributed by atoms with E-state index < -0.39 is 5.82 Å². The maximum absolute atomic E-state index is 14.7. The highest BCUT2D eigenvalue weighted by Crippen LogP contribution is 2.32. The van der Waals surface area contributed by atoms with Crippen molar-refractivity contribution in [2.24, 2.45) is 5.10 Å². The molecule has 5 rings (SSSR count). The molecule has 0 radical (unpaired) electrons. The zero-order chi connectivity index (χ0) is 21.4. The first-order valence-electron chi connectivity index (χ1n) is 9.64. The van der Waals surface area contributed by atoms with Crippen LogP contribution in [-0.4, -0.2) is 21.2 Å². The first-order valence-corrected chi connectivity index (χ1v) is 10.4. The molecule has 154 valence electrons. The van der Waals surface area contributed by atoms with Gasteiger partial charge in [0.25, 0.3) is 0 Å². The molecule has 0 spiro atoms. The molecule has 3 heterocycles. The molecule has 8 heteroatoms. The number of aryl methyl sites for hydroxylation is 1. The standard InChI is InChI=1S/C23H17BrFN5O/c1-14-11-15(29-23-21-19(26-13-27-23)6-5-18(24)22(21)25)4-7-20(14)31-17-8-10-30-16(12-17)3-2-9-28-30/h3-13H,2H2,1H3,(H,26,27,29). The predicted octanol–water partition coefficient (Wildman–Crippen LogP) is 5.95. The highest BCUT2D eigenvalue weighted by Gasteiger charge is 2.15. The Morgan fingerprint density at radius 3 is 2.97 bits per heavy atom. The van der Waals surface area contributed by atoms with E-state index in [0.29, 0.717) is 21.2 Å². The minimum absolute atomic E-state index is 0.334. The molecule has 6 nitrogen and oxygen atoms in total. The van der Waals surface area contributed by atoms with Gasteiger partial charge in [-0.05, 0) is 64.8 Å². The summed E-state index contributed by atoms with van der Waals surface area (Å²) in [7, 11) is 0. The number of rotatable bonds is 4. The lowest BCUT2D eigenvalue weighted by atomic mass is 10.1. The van der Waals surface area contributed by atoms with Crippen LogP contribution in [0.15, 0.2) is 82.1 Å². The molecular formula is C23H17BrFN5O. The molecule has 0 unspecified atom stereocenters. The van der Waals surface area contributed by atoms with Crippen molar-refractivity contribution in [1.29, 1.82) is 0 Å². The highest BCUT2D eigenvalue weighted by atomic mass is 79.9. The van der Waals surface area contributed by atoms with Crippen molar-refractivity contribution in [3.8, 4) is 5.75 Å².